The number of carbonyl (C=O) groups is 4. The molecule has 0 radical (unpaired) electrons. The molecule has 11 heteroatoms. The van der Waals surface area contributed by atoms with Gasteiger partial charge in [0.25, 0.3) is 0 Å². The number of carboxylic acid groups (broad SMARTS) is 4. The summed E-state index contributed by atoms with van der Waals surface area (Å²) in [5.41, 5.74) is 0. The normalized spacial score (nSPS) is 9.06. The van der Waals surface area contributed by atoms with Crippen LogP contribution in [0.3, 0.4) is 0 Å². The van der Waals surface area contributed by atoms with Crippen LogP contribution < -0.4 is 18.9 Å². The van der Waals surface area contributed by atoms with E-state index in [1.54, 1.807) is 0 Å². The van der Waals surface area contributed by atoms with Crippen LogP contribution in [-0.4, -0.2) is 50.2 Å². The molecule has 8 nitrogen and oxygen atoms in total. The quantitative estimate of drug-likeness (QED) is 0.296. The van der Waals surface area contributed by atoms with Gasteiger partial charge in [0.2, 0.25) is 0 Å². The molecule has 0 aliphatic heterocycles. The number of alkyl halides is 2. The molecule has 0 rings (SSSR count). The Bertz CT molecular complexity index is 293. The van der Waals surface area contributed by atoms with Gasteiger partial charge in [0, 0.05) is 0 Å². The largest absolute Gasteiger partial charge is 1.00 e. The van der Waals surface area contributed by atoms with Gasteiger partial charge in [0.1, 0.15) is 6.42 Å². The number of halogens is 2. The standard InChI is InChI=1S/C3H2F2O4.C3H4O4.Li.H/c4-3(5,1(6)7)2(8)9;4-2(5)1-3(6)7;;/h(H,6,7)(H,8,9);1H2,(H,4,5)(H,6,7);;/q;;+1;-1. The summed E-state index contributed by atoms with van der Waals surface area (Å²) >= 11 is 0. The zero-order chi connectivity index (χ0) is 13.5. The summed E-state index contributed by atoms with van der Waals surface area (Å²) in [4.78, 5) is 37.5. The van der Waals surface area contributed by atoms with E-state index in [-0.39, 0.29) is 20.3 Å². The van der Waals surface area contributed by atoms with E-state index in [1.165, 1.54) is 0 Å². The molecule has 0 unspecified atom stereocenters. The van der Waals surface area contributed by atoms with E-state index in [2.05, 4.69) is 0 Å². The second kappa shape index (κ2) is 8.48. The number of rotatable bonds is 4. The minimum absolute atomic E-state index is 0. The average molecular weight is 252 g/mol. The van der Waals surface area contributed by atoms with Gasteiger partial charge >= 0.3 is 48.7 Å². The van der Waals surface area contributed by atoms with Crippen molar-refractivity contribution in [2.45, 2.75) is 12.3 Å². The maximum atomic E-state index is 11.5. The van der Waals surface area contributed by atoms with Gasteiger partial charge in [0.15, 0.2) is 0 Å². The van der Waals surface area contributed by atoms with Crippen LogP contribution in [0.1, 0.15) is 7.85 Å². The van der Waals surface area contributed by atoms with E-state index >= 15 is 0 Å². The molecule has 0 saturated heterocycles. The first-order chi connectivity index (χ1) is 7.01. The Morgan fingerprint density at radius 2 is 1.12 bits per heavy atom. The minimum atomic E-state index is -4.67. The number of carboxylic acids is 4. The van der Waals surface area contributed by atoms with Crippen LogP contribution >= 0.6 is 0 Å². The van der Waals surface area contributed by atoms with Crippen molar-refractivity contribution < 1.29 is 68.7 Å². The summed E-state index contributed by atoms with van der Waals surface area (Å²) in [6.45, 7) is 0. The topological polar surface area (TPSA) is 149 Å². The Hall–Kier alpha value is -1.66. The third-order valence-corrected chi connectivity index (χ3v) is 0.840. The SMILES string of the molecule is O=C(O)C(F)(F)C(=O)O.O=C(O)CC(=O)O.[H-].[Li+]. The molecule has 0 amide bonds. The van der Waals surface area contributed by atoms with Gasteiger partial charge in [-0.3, -0.25) is 9.59 Å². The fraction of sp³-hybridized carbons (Fsp3) is 0.333. The Labute approximate surface area is 106 Å². The number of aliphatic carboxylic acids is 4. The average Bonchev–Trinajstić information content (AvgIpc) is 2.01. The Kier molecular flexibility index (Phi) is 10.3. The molecule has 0 aliphatic rings. The first-order valence-electron chi connectivity index (χ1n) is 3.30. The molecule has 0 aliphatic carbocycles. The maximum absolute atomic E-state index is 11.5. The van der Waals surface area contributed by atoms with Crippen molar-refractivity contribution in [2.75, 3.05) is 0 Å². The van der Waals surface area contributed by atoms with E-state index in [1.807, 2.05) is 0 Å². The summed E-state index contributed by atoms with van der Waals surface area (Å²) in [5, 5.41) is 30.4. The van der Waals surface area contributed by atoms with E-state index in [4.69, 9.17) is 20.4 Å². The van der Waals surface area contributed by atoms with Crippen LogP contribution in [0.2, 0.25) is 0 Å². The summed E-state index contributed by atoms with van der Waals surface area (Å²) in [5.74, 6) is -12.6. The second-order valence-electron chi connectivity index (χ2n) is 2.15. The van der Waals surface area contributed by atoms with Crippen molar-refractivity contribution in [1.29, 1.82) is 0 Å². The van der Waals surface area contributed by atoms with Crippen molar-refractivity contribution >= 4 is 23.9 Å². The van der Waals surface area contributed by atoms with Crippen molar-refractivity contribution in [2.24, 2.45) is 0 Å². The zero-order valence-electron chi connectivity index (χ0n) is 9.38. The van der Waals surface area contributed by atoms with Crippen molar-refractivity contribution in [3.05, 3.63) is 0 Å². The molecule has 0 spiro atoms. The summed E-state index contributed by atoms with van der Waals surface area (Å²) in [6, 6.07) is 0. The summed E-state index contributed by atoms with van der Waals surface area (Å²) in [7, 11) is 0. The van der Waals surface area contributed by atoms with E-state index < -0.39 is 36.2 Å². The molecule has 17 heavy (non-hydrogen) atoms. The predicted octanol–water partition coefficient (Wildman–Crippen LogP) is -3.55. The molecule has 0 aromatic rings. The van der Waals surface area contributed by atoms with Crippen LogP contribution in [0.25, 0.3) is 0 Å². The van der Waals surface area contributed by atoms with Crippen molar-refractivity contribution in [1.82, 2.24) is 0 Å². The Balaban J connectivity index is -0.000000100. The van der Waals surface area contributed by atoms with Gasteiger partial charge in [-0.2, -0.15) is 8.78 Å². The van der Waals surface area contributed by atoms with E-state index in [0.29, 0.717) is 0 Å². The van der Waals surface area contributed by atoms with Crippen LogP contribution in [0, 0.1) is 0 Å². The predicted molar refractivity (Wildman–Crippen MR) is 41.2 cm³/mol. The minimum Gasteiger partial charge on any atom is -1.00 e. The fourth-order valence-electron chi connectivity index (χ4n) is 0.221. The third-order valence-electron chi connectivity index (χ3n) is 0.840. The Morgan fingerprint density at radius 1 is 0.882 bits per heavy atom. The molecule has 0 atom stereocenters. The van der Waals surface area contributed by atoms with Gasteiger partial charge in [-0.25, -0.2) is 9.59 Å². The maximum Gasteiger partial charge on any atom is 1.00 e. The van der Waals surface area contributed by atoms with Gasteiger partial charge in [0.05, 0.1) is 0 Å². The second-order valence-corrected chi connectivity index (χ2v) is 2.15. The molecular formula is C6H7F2LiO8. The summed E-state index contributed by atoms with van der Waals surface area (Å²) in [6.07, 6.45) is -0.806. The molecule has 0 aromatic heterocycles. The van der Waals surface area contributed by atoms with Crippen LogP contribution in [-0.2, 0) is 19.2 Å². The molecule has 0 heterocycles. The first kappa shape index (κ1) is 20.7. The molecule has 4 N–H and O–H groups in total. The molecule has 0 fully saturated rings. The van der Waals surface area contributed by atoms with Crippen LogP contribution in [0.15, 0.2) is 0 Å². The molecule has 0 saturated carbocycles. The van der Waals surface area contributed by atoms with E-state index in [0.717, 1.165) is 0 Å². The fourth-order valence-corrected chi connectivity index (χ4v) is 0.221. The van der Waals surface area contributed by atoms with Crippen molar-refractivity contribution in [3.8, 4) is 0 Å². The zero-order valence-corrected chi connectivity index (χ0v) is 8.38. The number of hydrogen-bond donors (Lipinski definition) is 4. The molecule has 0 aromatic carbocycles. The van der Waals surface area contributed by atoms with Gasteiger partial charge in [-0.05, 0) is 0 Å². The Morgan fingerprint density at radius 3 is 1.12 bits per heavy atom. The monoisotopic (exact) mass is 252 g/mol. The first-order valence-corrected chi connectivity index (χ1v) is 3.30. The molecule has 94 valence electrons. The third kappa shape index (κ3) is 10.6. The van der Waals surface area contributed by atoms with Gasteiger partial charge in [-0.15, -0.1) is 0 Å². The number of hydrogen-bond acceptors (Lipinski definition) is 4. The smallest absolute Gasteiger partial charge is 1.00 e. The van der Waals surface area contributed by atoms with Gasteiger partial charge < -0.3 is 21.9 Å². The van der Waals surface area contributed by atoms with Gasteiger partial charge in [-0.1, -0.05) is 0 Å². The van der Waals surface area contributed by atoms with Crippen LogP contribution in [0.5, 0.6) is 0 Å². The molecular weight excluding hydrogens is 245 g/mol. The van der Waals surface area contributed by atoms with E-state index in [9.17, 15) is 28.0 Å². The van der Waals surface area contributed by atoms with Crippen molar-refractivity contribution in [3.63, 3.8) is 0 Å². The molecule has 0 bridgehead atoms. The van der Waals surface area contributed by atoms with Crippen LogP contribution in [0.4, 0.5) is 8.78 Å². The summed E-state index contributed by atoms with van der Waals surface area (Å²) < 4.78 is 22.9.